The average Bonchev–Trinajstić information content (AvgIpc) is 3.20. The van der Waals surface area contributed by atoms with Gasteiger partial charge in [0.1, 0.15) is 5.75 Å². The molecular formula is C21H20O3. The number of carbonyl (C=O) groups is 1. The van der Waals surface area contributed by atoms with Crippen molar-refractivity contribution in [3.63, 3.8) is 0 Å². The highest BCUT2D eigenvalue weighted by molar-refractivity contribution is 5.77. The summed E-state index contributed by atoms with van der Waals surface area (Å²) in [4.78, 5) is 12.2. The highest BCUT2D eigenvalue weighted by Gasteiger charge is 2.59. The number of hydrogen-bond acceptors (Lipinski definition) is 2. The summed E-state index contributed by atoms with van der Waals surface area (Å²) in [5.41, 5.74) is 1.70. The first-order chi connectivity index (χ1) is 11.7. The summed E-state index contributed by atoms with van der Waals surface area (Å²) in [6, 6.07) is 17.9. The van der Waals surface area contributed by atoms with Crippen LogP contribution in [0.2, 0.25) is 0 Å². The predicted octanol–water partition coefficient (Wildman–Crippen LogP) is 4.01. The van der Waals surface area contributed by atoms with E-state index in [1.54, 1.807) is 7.11 Å². The van der Waals surface area contributed by atoms with Crippen molar-refractivity contribution in [2.75, 3.05) is 7.11 Å². The van der Waals surface area contributed by atoms with E-state index in [2.05, 4.69) is 24.3 Å². The second-order valence-corrected chi connectivity index (χ2v) is 6.75. The van der Waals surface area contributed by atoms with Crippen LogP contribution in [0.3, 0.4) is 0 Å². The van der Waals surface area contributed by atoms with Crippen LogP contribution in [0.4, 0.5) is 0 Å². The summed E-state index contributed by atoms with van der Waals surface area (Å²) in [5.74, 6) is -0.133. The fraction of sp³-hybridized carbons (Fsp3) is 0.286. The van der Waals surface area contributed by atoms with Gasteiger partial charge >= 0.3 is 5.97 Å². The minimum absolute atomic E-state index is 0.0138. The standard InChI is InChI=1S/C21H20O3/c1-24-17-9-5-8-16(12-17)21-11-10-15(13-21)18(19(21)20(22)23)14-6-3-2-4-7-14/h2-12,15,18-19H,13H2,1H3,(H,22,23). The Morgan fingerprint density at radius 3 is 2.67 bits per heavy atom. The number of benzene rings is 2. The van der Waals surface area contributed by atoms with E-state index in [-0.39, 0.29) is 11.8 Å². The van der Waals surface area contributed by atoms with Crippen LogP contribution >= 0.6 is 0 Å². The van der Waals surface area contributed by atoms with E-state index in [0.717, 1.165) is 23.3 Å². The fourth-order valence-corrected chi connectivity index (χ4v) is 4.66. The van der Waals surface area contributed by atoms with Crippen LogP contribution in [0.25, 0.3) is 0 Å². The summed E-state index contributed by atoms with van der Waals surface area (Å²) >= 11 is 0. The molecule has 4 atom stereocenters. The number of fused-ring (bicyclic) bond motifs is 2. The molecule has 1 saturated carbocycles. The molecule has 24 heavy (non-hydrogen) atoms. The Balaban J connectivity index is 1.84. The van der Waals surface area contributed by atoms with Gasteiger partial charge in [-0.05, 0) is 35.6 Å². The first-order valence-electron chi connectivity index (χ1n) is 8.27. The van der Waals surface area contributed by atoms with E-state index >= 15 is 0 Å². The number of carboxylic acid groups (broad SMARTS) is 1. The number of carboxylic acids is 1. The lowest BCUT2D eigenvalue weighted by molar-refractivity contribution is -0.143. The minimum Gasteiger partial charge on any atom is -0.497 e. The Morgan fingerprint density at radius 1 is 1.17 bits per heavy atom. The van der Waals surface area contributed by atoms with Gasteiger partial charge in [0.05, 0.1) is 13.0 Å². The second-order valence-electron chi connectivity index (χ2n) is 6.75. The van der Waals surface area contributed by atoms with Crippen molar-refractivity contribution in [1.29, 1.82) is 0 Å². The predicted molar refractivity (Wildman–Crippen MR) is 92.2 cm³/mol. The van der Waals surface area contributed by atoms with E-state index in [1.165, 1.54) is 0 Å². The molecule has 3 heteroatoms. The summed E-state index contributed by atoms with van der Waals surface area (Å²) in [6.45, 7) is 0. The molecular weight excluding hydrogens is 300 g/mol. The van der Waals surface area contributed by atoms with Crippen LogP contribution in [0.15, 0.2) is 66.7 Å². The molecule has 0 amide bonds. The van der Waals surface area contributed by atoms with Crippen LogP contribution in [0, 0.1) is 11.8 Å². The van der Waals surface area contributed by atoms with Crippen molar-refractivity contribution in [3.8, 4) is 5.75 Å². The van der Waals surface area contributed by atoms with Crippen molar-refractivity contribution >= 4 is 5.97 Å². The maximum atomic E-state index is 12.2. The normalized spacial score (nSPS) is 30.5. The van der Waals surface area contributed by atoms with Gasteiger partial charge in [-0.3, -0.25) is 4.79 Å². The first kappa shape index (κ1) is 15.0. The summed E-state index contributed by atoms with van der Waals surface area (Å²) in [7, 11) is 1.64. The van der Waals surface area contributed by atoms with E-state index in [4.69, 9.17) is 4.74 Å². The molecule has 0 aliphatic heterocycles. The molecule has 4 rings (SSSR count). The van der Waals surface area contributed by atoms with Crippen LogP contribution in [0.1, 0.15) is 23.5 Å². The number of aliphatic carboxylic acids is 1. The van der Waals surface area contributed by atoms with Crippen LogP contribution in [-0.4, -0.2) is 18.2 Å². The molecule has 2 bridgehead atoms. The molecule has 1 fully saturated rings. The van der Waals surface area contributed by atoms with Gasteiger partial charge in [-0.25, -0.2) is 0 Å². The number of hydrogen-bond donors (Lipinski definition) is 1. The van der Waals surface area contributed by atoms with Gasteiger partial charge in [-0.1, -0.05) is 54.6 Å². The molecule has 0 saturated heterocycles. The quantitative estimate of drug-likeness (QED) is 0.866. The largest absolute Gasteiger partial charge is 0.497 e. The lowest BCUT2D eigenvalue weighted by atomic mass is 9.68. The Kier molecular flexibility index (Phi) is 3.45. The molecule has 2 aromatic rings. The van der Waals surface area contributed by atoms with Gasteiger partial charge in [0, 0.05) is 11.3 Å². The highest BCUT2D eigenvalue weighted by atomic mass is 16.5. The Bertz CT molecular complexity index is 796. The van der Waals surface area contributed by atoms with E-state index in [1.807, 2.05) is 42.5 Å². The van der Waals surface area contributed by atoms with Gasteiger partial charge in [0.15, 0.2) is 0 Å². The number of ether oxygens (including phenoxy) is 1. The second kappa shape index (κ2) is 5.52. The number of rotatable bonds is 4. The summed E-state index contributed by atoms with van der Waals surface area (Å²) in [5, 5.41) is 10.1. The molecule has 0 aromatic heterocycles. The van der Waals surface area contributed by atoms with Crippen molar-refractivity contribution in [2.45, 2.75) is 17.8 Å². The zero-order valence-corrected chi connectivity index (χ0v) is 13.6. The van der Waals surface area contributed by atoms with Gasteiger partial charge in [0.25, 0.3) is 0 Å². The number of allylic oxidation sites excluding steroid dienone is 2. The minimum atomic E-state index is -0.724. The Hall–Kier alpha value is -2.55. The average molecular weight is 320 g/mol. The zero-order valence-electron chi connectivity index (χ0n) is 13.6. The third-order valence-corrected chi connectivity index (χ3v) is 5.65. The molecule has 0 heterocycles. The lowest BCUT2D eigenvalue weighted by Gasteiger charge is -2.34. The van der Waals surface area contributed by atoms with Crippen LogP contribution < -0.4 is 4.74 Å². The van der Waals surface area contributed by atoms with Crippen LogP contribution in [-0.2, 0) is 10.2 Å². The summed E-state index contributed by atoms with van der Waals surface area (Å²) < 4.78 is 5.35. The van der Waals surface area contributed by atoms with Crippen molar-refractivity contribution < 1.29 is 14.6 Å². The zero-order chi connectivity index (χ0) is 16.7. The van der Waals surface area contributed by atoms with E-state index in [0.29, 0.717) is 0 Å². The van der Waals surface area contributed by atoms with Crippen LogP contribution in [0.5, 0.6) is 5.75 Å². The maximum Gasteiger partial charge on any atom is 0.308 e. The maximum absolute atomic E-state index is 12.2. The molecule has 3 nitrogen and oxygen atoms in total. The molecule has 0 radical (unpaired) electrons. The Labute approximate surface area is 141 Å². The molecule has 122 valence electrons. The van der Waals surface area contributed by atoms with Gasteiger partial charge < -0.3 is 9.84 Å². The molecule has 2 aliphatic rings. The third kappa shape index (κ3) is 2.08. The third-order valence-electron chi connectivity index (χ3n) is 5.65. The first-order valence-corrected chi connectivity index (χ1v) is 8.27. The Morgan fingerprint density at radius 2 is 1.96 bits per heavy atom. The lowest BCUT2D eigenvalue weighted by Crippen LogP contribution is -2.37. The van der Waals surface area contributed by atoms with Crippen molar-refractivity contribution in [2.24, 2.45) is 11.8 Å². The van der Waals surface area contributed by atoms with Gasteiger partial charge in [0.2, 0.25) is 0 Å². The molecule has 0 spiro atoms. The van der Waals surface area contributed by atoms with E-state index in [9.17, 15) is 9.90 Å². The van der Waals surface area contributed by atoms with E-state index < -0.39 is 17.3 Å². The monoisotopic (exact) mass is 320 g/mol. The molecule has 2 aliphatic carbocycles. The van der Waals surface area contributed by atoms with Crippen molar-refractivity contribution in [3.05, 3.63) is 77.9 Å². The SMILES string of the molecule is COc1cccc(C23C=CC(C2)C(c2ccccc2)C3C(=O)O)c1. The molecule has 4 unspecified atom stereocenters. The summed E-state index contributed by atoms with van der Waals surface area (Å²) in [6.07, 6.45) is 5.16. The number of methoxy groups -OCH3 is 1. The fourth-order valence-electron chi connectivity index (χ4n) is 4.66. The van der Waals surface area contributed by atoms with Gasteiger partial charge in [-0.15, -0.1) is 0 Å². The highest BCUT2D eigenvalue weighted by Crippen LogP contribution is 2.61. The van der Waals surface area contributed by atoms with Gasteiger partial charge in [-0.2, -0.15) is 0 Å². The van der Waals surface area contributed by atoms with Crippen molar-refractivity contribution in [1.82, 2.24) is 0 Å². The smallest absolute Gasteiger partial charge is 0.308 e. The molecule has 1 N–H and O–H groups in total. The topological polar surface area (TPSA) is 46.5 Å². The molecule has 2 aromatic carbocycles.